The molecule has 0 fully saturated rings. The lowest BCUT2D eigenvalue weighted by Gasteiger charge is -2.08. The summed E-state index contributed by atoms with van der Waals surface area (Å²) in [7, 11) is 4.10. The molecule has 0 bridgehead atoms. The molecule has 0 atom stereocenters. The second-order valence-electron chi connectivity index (χ2n) is 7.00. The predicted molar refractivity (Wildman–Crippen MR) is 96.7 cm³/mol. The summed E-state index contributed by atoms with van der Waals surface area (Å²) in [4.78, 5) is 25.7. The molecular formula is C17H32N6O2. The van der Waals surface area contributed by atoms with Crippen LogP contribution in [0.1, 0.15) is 45.2 Å². The molecule has 0 aromatic carbocycles. The molecule has 0 saturated heterocycles. The zero-order valence-corrected chi connectivity index (χ0v) is 15.9. The van der Waals surface area contributed by atoms with E-state index in [1.165, 1.54) is 4.68 Å². The molecule has 25 heavy (non-hydrogen) atoms. The Bertz CT molecular complexity index is 527. The van der Waals surface area contributed by atoms with E-state index in [0.717, 1.165) is 25.8 Å². The molecule has 1 aromatic heterocycles. The number of nitrogens with one attached hydrogen (secondary N) is 2. The fourth-order valence-corrected chi connectivity index (χ4v) is 2.19. The molecule has 142 valence electrons. The van der Waals surface area contributed by atoms with Crippen molar-refractivity contribution in [3.8, 4) is 0 Å². The highest BCUT2D eigenvalue weighted by atomic mass is 16.2. The first kappa shape index (κ1) is 21.1. The number of hydrogen-bond donors (Lipinski definition) is 2. The van der Waals surface area contributed by atoms with E-state index in [0.29, 0.717) is 31.1 Å². The van der Waals surface area contributed by atoms with E-state index in [4.69, 9.17) is 0 Å². The van der Waals surface area contributed by atoms with Crippen LogP contribution in [0.3, 0.4) is 0 Å². The normalized spacial score (nSPS) is 11.1. The van der Waals surface area contributed by atoms with E-state index in [9.17, 15) is 9.59 Å². The fourth-order valence-electron chi connectivity index (χ4n) is 2.19. The summed E-state index contributed by atoms with van der Waals surface area (Å²) < 4.78 is 1.48. The number of aromatic nitrogens is 3. The maximum Gasteiger partial charge on any atom is 0.241 e. The maximum absolute atomic E-state index is 11.8. The number of nitrogens with zero attached hydrogens (tertiary/aromatic N) is 4. The van der Waals surface area contributed by atoms with Gasteiger partial charge in [0.05, 0.1) is 12.7 Å². The number of carbonyl (C=O) groups is 2. The molecule has 0 spiro atoms. The zero-order valence-electron chi connectivity index (χ0n) is 15.9. The van der Waals surface area contributed by atoms with Gasteiger partial charge in [0.15, 0.2) is 0 Å². The molecule has 1 heterocycles. The lowest BCUT2D eigenvalue weighted by molar-refractivity contribution is -0.122. The summed E-state index contributed by atoms with van der Waals surface area (Å²) in [6.45, 7) is 6.25. The lowest BCUT2D eigenvalue weighted by Crippen LogP contribution is -2.30. The van der Waals surface area contributed by atoms with E-state index in [1.54, 1.807) is 6.20 Å². The van der Waals surface area contributed by atoms with E-state index >= 15 is 0 Å². The minimum absolute atomic E-state index is 0.0223. The molecule has 1 aromatic rings. The molecule has 0 radical (unpaired) electrons. The number of carbonyl (C=O) groups excluding carboxylic acids is 2. The van der Waals surface area contributed by atoms with Crippen molar-refractivity contribution in [1.82, 2.24) is 30.5 Å². The third kappa shape index (κ3) is 10.5. The van der Waals surface area contributed by atoms with Gasteiger partial charge in [0, 0.05) is 13.0 Å². The molecule has 2 N–H and O–H groups in total. The molecule has 8 nitrogen and oxygen atoms in total. The number of amides is 2. The molecule has 0 aliphatic heterocycles. The summed E-state index contributed by atoms with van der Waals surface area (Å²) in [5, 5.41) is 13.6. The molecule has 0 unspecified atom stereocenters. The van der Waals surface area contributed by atoms with Crippen molar-refractivity contribution in [2.45, 2.75) is 52.6 Å². The predicted octanol–water partition coefficient (Wildman–Crippen LogP) is 0.789. The number of rotatable bonds is 12. The molecule has 2 amide bonds. The highest BCUT2D eigenvalue weighted by Gasteiger charge is 2.08. The van der Waals surface area contributed by atoms with Crippen LogP contribution in [0.2, 0.25) is 0 Å². The van der Waals surface area contributed by atoms with E-state index in [1.807, 2.05) is 27.9 Å². The van der Waals surface area contributed by atoms with Crippen LogP contribution in [0.25, 0.3) is 0 Å². The van der Waals surface area contributed by atoms with Gasteiger partial charge < -0.3 is 15.5 Å². The van der Waals surface area contributed by atoms with Gasteiger partial charge in [-0.2, -0.15) is 0 Å². The highest BCUT2D eigenvalue weighted by molar-refractivity contribution is 5.76. The molecule has 0 saturated carbocycles. The van der Waals surface area contributed by atoms with Gasteiger partial charge in [-0.15, -0.1) is 5.10 Å². The van der Waals surface area contributed by atoms with Crippen LogP contribution in [0.5, 0.6) is 0 Å². The van der Waals surface area contributed by atoms with Crippen molar-refractivity contribution in [3.05, 3.63) is 11.9 Å². The topological polar surface area (TPSA) is 92.2 Å². The van der Waals surface area contributed by atoms with E-state index in [2.05, 4.69) is 25.8 Å². The van der Waals surface area contributed by atoms with Gasteiger partial charge >= 0.3 is 0 Å². The molecular weight excluding hydrogens is 320 g/mol. The third-order valence-corrected chi connectivity index (χ3v) is 3.58. The SMILES string of the molecule is CC(C)CNC(=O)Cn1cc(CNC(=O)CCCCCN(C)C)nn1. The van der Waals surface area contributed by atoms with Crippen molar-refractivity contribution in [2.24, 2.45) is 5.92 Å². The van der Waals surface area contributed by atoms with E-state index in [-0.39, 0.29) is 18.4 Å². The van der Waals surface area contributed by atoms with Crippen LogP contribution in [0.4, 0.5) is 0 Å². The Kier molecular flexibility index (Phi) is 9.76. The minimum Gasteiger partial charge on any atom is -0.354 e. The van der Waals surface area contributed by atoms with Crippen LogP contribution in [0, 0.1) is 5.92 Å². The number of unbranched alkanes of at least 4 members (excludes halogenated alkanes) is 2. The molecule has 1 rings (SSSR count). The quantitative estimate of drug-likeness (QED) is 0.543. The van der Waals surface area contributed by atoms with Gasteiger partial charge in [-0.3, -0.25) is 9.59 Å². The van der Waals surface area contributed by atoms with Crippen molar-refractivity contribution in [3.63, 3.8) is 0 Å². The molecule has 0 aliphatic rings. The fraction of sp³-hybridized carbons (Fsp3) is 0.765. The standard InChI is InChI=1S/C17H32N6O2/c1-14(2)10-18-17(25)13-23-12-15(20-21-23)11-19-16(24)8-6-5-7-9-22(3)4/h12,14H,5-11,13H2,1-4H3,(H,18,25)(H,19,24). The van der Waals surface area contributed by atoms with Gasteiger partial charge in [0.1, 0.15) is 12.2 Å². The Morgan fingerprint density at radius 3 is 2.60 bits per heavy atom. The van der Waals surface area contributed by atoms with Crippen LogP contribution < -0.4 is 10.6 Å². The summed E-state index contributed by atoms with van der Waals surface area (Å²) in [6, 6.07) is 0. The Balaban J connectivity index is 2.20. The summed E-state index contributed by atoms with van der Waals surface area (Å²) in [5.41, 5.74) is 0.651. The van der Waals surface area contributed by atoms with Crippen LogP contribution in [0.15, 0.2) is 6.20 Å². The summed E-state index contributed by atoms with van der Waals surface area (Å²) in [5.74, 6) is 0.342. The molecule has 0 aliphatic carbocycles. The first-order chi connectivity index (χ1) is 11.9. The first-order valence-corrected chi connectivity index (χ1v) is 8.94. The van der Waals surface area contributed by atoms with Crippen molar-refractivity contribution < 1.29 is 9.59 Å². The average molecular weight is 352 g/mol. The number of hydrogen-bond acceptors (Lipinski definition) is 5. The van der Waals surface area contributed by atoms with Gasteiger partial charge in [-0.25, -0.2) is 4.68 Å². The molecule has 8 heteroatoms. The van der Waals surface area contributed by atoms with Crippen LogP contribution in [-0.2, 0) is 22.7 Å². The van der Waals surface area contributed by atoms with Gasteiger partial charge in [0.25, 0.3) is 0 Å². The monoisotopic (exact) mass is 352 g/mol. The Morgan fingerprint density at radius 1 is 1.16 bits per heavy atom. The smallest absolute Gasteiger partial charge is 0.241 e. The van der Waals surface area contributed by atoms with Crippen LogP contribution in [-0.4, -0.2) is 58.9 Å². The highest BCUT2D eigenvalue weighted by Crippen LogP contribution is 2.01. The first-order valence-electron chi connectivity index (χ1n) is 8.94. The van der Waals surface area contributed by atoms with Crippen molar-refractivity contribution in [1.29, 1.82) is 0 Å². The van der Waals surface area contributed by atoms with Gasteiger partial charge in [-0.05, 0) is 39.4 Å². The third-order valence-electron chi connectivity index (χ3n) is 3.58. The van der Waals surface area contributed by atoms with Crippen molar-refractivity contribution >= 4 is 11.8 Å². The van der Waals surface area contributed by atoms with Gasteiger partial charge in [0.2, 0.25) is 11.8 Å². The second kappa shape index (κ2) is 11.6. The zero-order chi connectivity index (χ0) is 18.7. The average Bonchev–Trinajstić information content (AvgIpc) is 2.97. The van der Waals surface area contributed by atoms with Crippen molar-refractivity contribution in [2.75, 3.05) is 27.2 Å². The summed E-state index contributed by atoms with van der Waals surface area (Å²) >= 11 is 0. The summed E-state index contributed by atoms with van der Waals surface area (Å²) in [6.07, 6.45) is 5.26. The van der Waals surface area contributed by atoms with Crippen LogP contribution >= 0.6 is 0 Å². The Labute approximate surface area is 150 Å². The lowest BCUT2D eigenvalue weighted by atomic mass is 10.2. The second-order valence-corrected chi connectivity index (χ2v) is 7.00. The largest absolute Gasteiger partial charge is 0.354 e. The minimum atomic E-state index is -0.0908. The Hall–Kier alpha value is -1.96. The Morgan fingerprint density at radius 2 is 1.92 bits per heavy atom. The van der Waals surface area contributed by atoms with E-state index < -0.39 is 0 Å². The maximum atomic E-state index is 11.8. The van der Waals surface area contributed by atoms with Gasteiger partial charge in [-0.1, -0.05) is 25.5 Å².